The average molecular weight is 629 g/mol. The van der Waals surface area contributed by atoms with Gasteiger partial charge in [-0.3, -0.25) is 9.88 Å². The maximum atomic E-state index is 16.8. The maximum Gasteiger partial charge on any atom is 0.319 e. The SMILES string of the molecule is C#Cc1c(F)ccc2cc(O)cc(-c3ncc4c(N5CC6CCC(C5)N6)nc(OCC5(CN6CC[C@@H](F)C6)CCC5)nc4c3F)c12. The molecular formula is C35H35F3N6O2. The summed E-state index contributed by atoms with van der Waals surface area (Å²) in [4.78, 5) is 18.3. The molecule has 1 aliphatic carbocycles. The molecule has 4 aliphatic rings. The fourth-order valence-corrected chi connectivity index (χ4v) is 7.88. The number of hydrogen-bond acceptors (Lipinski definition) is 8. The van der Waals surface area contributed by atoms with Gasteiger partial charge in [0.05, 0.1) is 17.6 Å². The van der Waals surface area contributed by atoms with Gasteiger partial charge in [-0.2, -0.15) is 9.97 Å². The number of nitrogens with zero attached hydrogens (tertiary/aromatic N) is 5. The fourth-order valence-electron chi connectivity index (χ4n) is 7.88. The number of nitrogens with one attached hydrogen (secondary N) is 1. The highest BCUT2D eigenvalue weighted by Crippen LogP contribution is 2.43. The van der Waals surface area contributed by atoms with E-state index in [1.165, 1.54) is 30.5 Å². The van der Waals surface area contributed by atoms with Crippen LogP contribution in [0.2, 0.25) is 0 Å². The van der Waals surface area contributed by atoms with Gasteiger partial charge in [-0.05, 0) is 55.7 Å². The first-order valence-electron chi connectivity index (χ1n) is 16.1. The van der Waals surface area contributed by atoms with Crippen molar-refractivity contribution in [3.8, 4) is 35.4 Å². The van der Waals surface area contributed by atoms with Crippen molar-refractivity contribution in [2.75, 3.05) is 44.2 Å². The number of phenols is 1. The molecule has 2 aromatic heterocycles. The summed E-state index contributed by atoms with van der Waals surface area (Å²) in [5, 5.41) is 15.3. The number of aromatic hydroxyl groups is 1. The van der Waals surface area contributed by atoms with Crippen LogP contribution in [0.15, 0.2) is 30.5 Å². The highest BCUT2D eigenvalue weighted by molar-refractivity contribution is 6.03. The fraction of sp³-hybridized carbons (Fsp3) is 0.457. The number of anilines is 1. The lowest BCUT2D eigenvalue weighted by Gasteiger charge is -2.43. The molecule has 0 amide bonds. The second-order valence-electron chi connectivity index (χ2n) is 13.5. The molecule has 238 valence electrons. The number of likely N-dealkylation sites (tertiary alicyclic amines) is 1. The van der Waals surface area contributed by atoms with Crippen LogP contribution < -0.4 is 15.0 Å². The maximum absolute atomic E-state index is 16.8. The Bertz CT molecular complexity index is 1880. The lowest BCUT2D eigenvalue weighted by Crippen LogP contribution is -2.51. The number of rotatable bonds is 7. The standard InChI is InChI=1S/C35H35F3N6O2/c1-2-25-28(37)7-4-20-12-24(45)13-26(29(20)25)31-30(38)32-27(14-39-31)33(44-16-22-5-6-23(17-44)40-22)42-34(41-32)46-19-35(9-3-10-35)18-43-11-8-21(36)15-43/h1,4,7,12-14,21-23,40,45H,3,5-6,8-11,15-19H2/t21-,22?,23?/m1/s1. The zero-order valence-corrected chi connectivity index (χ0v) is 25.4. The summed E-state index contributed by atoms with van der Waals surface area (Å²) in [5.41, 5.74) is -0.102. The van der Waals surface area contributed by atoms with Crippen LogP contribution >= 0.6 is 0 Å². The van der Waals surface area contributed by atoms with Crippen molar-refractivity contribution in [2.45, 2.75) is 56.8 Å². The lowest BCUT2D eigenvalue weighted by atomic mass is 9.69. The van der Waals surface area contributed by atoms with E-state index in [-0.39, 0.29) is 44.9 Å². The zero-order chi connectivity index (χ0) is 31.6. The van der Waals surface area contributed by atoms with E-state index in [0.29, 0.717) is 61.3 Å². The van der Waals surface area contributed by atoms with Crippen LogP contribution in [0, 0.1) is 29.4 Å². The number of terminal acetylenes is 1. The summed E-state index contributed by atoms with van der Waals surface area (Å²) in [5.74, 6) is 1.43. The van der Waals surface area contributed by atoms with Crippen LogP contribution in [0.4, 0.5) is 19.0 Å². The van der Waals surface area contributed by atoms with Crippen LogP contribution in [0.1, 0.15) is 44.1 Å². The monoisotopic (exact) mass is 628 g/mol. The van der Waals surface area contributed by atoms with E-state index >= 15 is 4.39 Å². The highest BCUT2D eigenvalue weighted by Gasteiger charge is 2.41. The van der Waals surface area contributed by atoms with E-state index in [9.17, 15) is 13.9 Å². The number of pyridine rings is 1. The van der Waals surface area contributed by atoms with Gasteiger partial charge in [0.25, 0.3) is 0 Å². The summed E-state index contributed by atoms with van der Waals surface area (Å²) in [7, 11) is 0. The van der Waals surface area contributed by atoms with Gasteiger partial charge in [-0.15, -0.1) is 6.42 Å². The molecule has 2 N–H and O–H groups in total. The van der Waals surface area contributed by atoms with E-state index in [1.54, 1.807) is 0 Å². The van der Waals surface area contributed by atoms with Crippen LogP contribution in [-0.4, -0.2) is 82.5 Å². The molecule has 3 saturated heterocycles. The van der Waals surface area contributed by atoms with E-state index in [2.05, 4.69) is 31.0 Å². The van der Waals surface area contributed by atoms with Crippen LogP contribution in [0.3, 0.4) is 0 Å². The molecule has 2 bridgehead atoms. The Morgan fingerprint density at radius 2 is 1.89 bits per heavy atom. The molecule has 11 heteroatoms. The predicted octanol–water partition coefficient (Wildman–Crippen LogP) is 5.34. The Kier molecular flexibility index (Phi) is 7.18. The van der Waals surface area contributed by atoms with Crippen molar-refractivity contribution in [1.82, 2.24) is 25.2 Å². The Morgan fingerprint density at radius 3 is 2.59 bits per heavy atom. The van der Waals surface area contributed by atoms with Gasteiger partial charge in [0, 0.05) is 67.4 Å². The third-order valence-electron chi connectivity index (χ3n) is 10.3. The predicted molar refractivity (Wildman–Crippen MR) is 170 cm³/mol. The summed E-state index contributed by atoms with van der Waals surface area (Å²) in [6.45, 7) is 3.68. The van der Waals surface area contributed by atoms with Gasteiger partial charge >= 0.3 is 6.01 Å². The number of piperazine rings is 1. The van der Waals surface area contributed by atoms with Crippen molar-refractivity contribution in [3.63, 3.8) is 0 Å². The van der Waals surface area contributed by atoms with Crippen molar-refractivity contribution in [1.29, 1.82) is 0 Å². The Hall–Kier alpha value is -4.14. The quantitative estimate of drug-likeness (QED) is 0.265. The van der Waals surface area contributed by atoms with E-state index in [1.807, 2.05) is 0 Å². The molecule has 0 radical (unpaired) electrons. The summed E-state index contributed by atoms with van der Waals surface area (Å²) in [6.07, 6.45) is 12.1. The van der Waals surface area contributed by atoms with Gasteiger partial charge in [0.2, 0.25) is 0 Å². The van der Waals surface area contributed by atoms with Gasteiger partial charge in [-0.25, -0.2) is 13.2 Å². The van der Waals surface area contributed by atoms with Crippen molar-refractivity contribution in [2.24, 2.45) is 5.41 Å². The first-order chi connectivity index (χ1) is 22.3. The summed E-state index contributed by atoms with van der Waals surface area (Å²) >= 11 is 0. The number of phenolic OH excluding ortho intramolecular Hbond substituents is 1. The Labute approximate surface area is 265 Å². The minimum atomic E-state index is -0.790. The third-order valence-corrected chi connectivity index (χ3v) is 10.3. The topological polar surface area (TPSA) is 86.6 Å². The third kappa shape index (κ3) is 5.08. The molecule has 3 aliphatic heterocycles. The number of hydrogen-bond donors (Lipinski definition) is 2. The molecule has 8 nitrogen and oxygen atoms in total. The molecule has 4 aromatic rings. The van der Waals surface area contributed by atoms with Crippen LogP contribution in [0.25, 0.3) is 32.9 Å². The smallest absolute Gasteiger partial charge is 0.319 e. The molecule has 4 fully saturated rings. The molecular weight excluding hydrogens is 593 g/mol. The zero-order valence-electron chi connectivity index (χ0n) is 25.4. The van der Waals surface area contributed by atoms with Gasteiger partial charge in [0.15, 0.2) is 5.82 Å². The second kappa shape index (κ2) is 11.3. The second-order valence-corrected chi connectivity index (χ2v) is 13.5. The highest BCUT2D eigenvalue weighted by atomic mass is 19.1. The van der Waals surface area contributed by atoms with Crippen LogP contribution in [0.5, 0.6) is 11.8 Å². The average Bonchev–Trinajstić information content (AvgIpc) is 3.60. The lowest BCUT2D eigenvalue weighted by molar-refractivity contribution is 0.0196. The largest absolute Gasteiger partial charge is 0.508 e. The van der Waals surface area contributed by atoms with Gasteiger partial charge < -0.3 is 20.1 Å². The summed E-state index contributed by atoms with van der Waals surface area (Å²) in [6, 6.07) is 6.19. The first kappa shape index (κ1) is 29.3. The van der Waals surface area contributed by atoms with Crippen molar-refractivity contribution in [3.05, 3.63) is 47.7 Å². The molecule has 1 saturated carbocycles. The Morgan fingerprint density at radius 1 is 1.09 bits per heavy atom. The van der Waals surface area contributed by atoms with E-state index < -0.39 is 17.8 Å². The van der Waals surface area contributed by atoms with Crippen molar-refractivity contribution >= 4 is 27.5 Å². The molecule has 5 heterocycles. The number of aromatic nitrogens is 3. The minimum Gasteiger partial charge on any atom is -0.508 e. The molecule has 2 unspecified atom stereocenters. The number of alkyl halides is 1. The van der Waals surface area contributed by atoms with Crippen molar-refractivity contribution < 1.29 is 23.0 Å². The van der Waals surface area contributed by atoms with Gasteiger partial charge in [-0.1, -0.05) is 18.4 Å². The van der Waals surface area contributed by atoms with Gasteiger partial charge in [0.1, 0.15) is 34.8 Å². The normalized spacial score (nSPS) is 24.0. The van der Waals surface area contributed by atoms with E-state index in [0.717, 1.165) is 45.2 Å². The minimum absolute atomic E-state index is 0.0218. The molecule has 3 atom stereocenters. The number of fused-ring (bicyclic) bond motifs is 4. The first-order valence-corrected chi connectivity index (χ1v) is 16.1. The van der Waals surface area contributed by atoms with Crippen LogP contribution in [-0.2, 0) is 0 Å². The molecule has 2 aromatic carbocycles. The number of benzene rings is 2. The number of halogens is 3. The summed E-state index contributed by atoms with van der Waals surface area (Å²) < 4.78 is 51.9. The molecule has 46 heavy (non-hydrogen) atoms. The Balaban J connectivity index is 1.22. The molecule has 0 spiro atoms. The molecule has 8 rings (SSSR count). The van der Waals surface area contributed by atoms with E-state index in [4.69, 9.17) is 16.1 Å². The number of ether oxygens (including phenoxy) is 1.